The predicted molar refractivity (Wildman–Crippen MR) is 129 cm³/mol. The van der Waals surface area contributed by atoms with Gasteiger partial charge in [0.25, 0.3) is 0 Å². The molecule has 2 aliphatic heterocycles. The number of nitrogens with zero attached hydrogens (tertiary/aromatic N) is 4. The number of ether oxygens (including phenoxy) is 2. The molecule has 0 unspecified atom stereocenters. The summed E-state index contributed by atoms with van der Waals surface area (Å²) in [4.78, 5) is 23.3. The molecular formula is C25H28ClN4O3. The first-order chi connectivity index (χ1) is 15.7. The van der Waals surface area contributed by atoms with Crippen molar-refractivity contribution in [1.29, 1.82) is 0 Å². The number of halogens is 1. The number of amides is 1. The van der Waals surface area contributed by atoms with Gasteiger partial charge in [-0.05, 0) is 63.9 Å². The Morgan fingerprint density at radius 3 is 2.42 bits per heavy atom. The number of likely N-dealkylation sites (tertiary alicyclic amines) is 1. The van der Waals surface area contributed by atoms with Crippen molar-refractivity contribution >= 4 is 34.9 Å². The summed E-state index contributed by atoms with van der Waals surface area (Å²) in [6.45, 7) is 6.84. The number of piperidine rings is 1. The van der Waals surface area contributed by atoms with Gasteiger partial charge < -0.3 is 14.4 Å². The minimum atomic E-state index is -0.507. The molecule has 1 aromatic heterocycles. The first-order valence-corrected chi connectivity index (χ1v) is 11.4. The number of carbonyl (C=O) groups is 1. The molecule has 4 rings (SSSR count). The third kappa shape index (κ3) is 5.30. The Morgan fingerprint density at radius 2 is 1.79 bits per heavy atom. The van der Waals surface area contributed by atoms with Crippen LogP contribution in [0.15, 0.2) is 47.7 Å². The molecule has 0 aliphatic carbocycles. The summed E-state index contributed by atoms with van der Waals surface area (Å²) in [7, 11) is 1.63. The highest BCUT2D eigenvalue weighted by atomic mass is 35.5. The molecule has 0 bridgehead atoms. The maximum atomic E-state index is 12.4. The van der Waals surface area contributed by atoms with Gasteiger partial charge in [-0.1, -0.05) is 11.6 Å². The van der Waals surface area contributed by atoms with Gasteiger partial charge in [0.15, 0.2) is 0 Å². The fourth-order valence-electron chi connectivity index (χ4n) is 3.95. The molecule has 8 heteroatoms. The third-order valence-corrected chi connectivity index (χ3v) is 5.79. The molecule has 2 aromatic rings. The normalized spacial score (nSPS) is 17.0. The van der Waals surface area contributed by atoms with Gasteiger partial charge in [-0.3, -0.25) is 4.98 Å². The minimum absolute atomic E-state index is 0.142. The van der Waals surface area contributed by atoms with Gasteiger partial charge >= 0.3 is 6.09 Å². The van der Waals surface area contributed by atoms with Crippen LogP contribution in [0.4, 0.5) is 4.79 Å². The molecule has 1 fully saturated rings. The lowest BCUT2D eigenvalue weighted by Gasteiger charge is -2.33. The second kappa shape index (κ2) is 9.43. The molecule has 2 aliphatic rings. The maximum absolute atomic E-state index is 12.4. The van der Waals surface area contributed by atoms with E-state index >= 15 is 0 Å². The van der Waals surface area contributed by atoms with Crippen LogP contribution < -0.4 is 10.1 Å². The first kappa shape index (κ1) is 23.1. The van der Waals surface area contributed by atoms with Crippen molar-refractivity contribution in [2.45, 2.75) is 39.2 Å². The fraction of sp³-hybridized carbons (Fsp3) is 0.400. The predicted octanol–water partition coefficient (Wildman–Crippen LogP) is 5.23. The van der Waals surface area contributed by atoms with Crippen LogP contribution >= 0.6 is 11.6 Å². The number of pyridine rings is 1. The zero-order chi connectivity index (χ0) is 23.6. The quantitative estimate of drug-likeness (QED) is 0.616. The van der Waals surface area contributed by atoms with E-state index in [9.17, 15) is 4.79 Å². The summed E-state index contributed by atoms with van der Waals surface area (Å²) in [5.41, 5.74) is 2.70. The Kier molecular flexibility index (Phi) is 6.61. The lowest BCUT2D eigenvalue weighted by atomic mass is 9.95. The number of hydrogen-bond donors (Lipinski definition) is 0. The van der Waals surface area contributed by atoms with Crippen LogP contribution in [0.5, 0.6) is 5.75 Å². The highest BCUT2D eigenvalue weighted by molar-refractivity contribution is 6.31. The van der Waals surface area contributed by atoms with Crippen molar-refractivity contribution in [3.05, 3.63) is 58.9 Å². The number of carbonyl (C=O) groups excluding carboxylic acids is 1. The zero-order valence-electron chi connectivity index (χ0n) is 19.3. The Balaban J connectivity index is 1.58. The summed E-state index contributed by atoms with van der Waals surface area (Å²) < 4.78 is 11.1. The van der Waals surface area contributed by atoms with Crippen LogP contribution in [0.3, 0.4) is 0 Å². The van der Waals surface area contributed by atoms with Gasteiger partial charge in [-0.15, -0.1) is 0 Å². The van der Waals surface area contributed by atoms with E-state index in [1.165, 1.54) is 0 Å². The SMILES string of the molecule is COc1ccc(Cl)cc1C1=C(c2ccncc2)[N]C(C2CCN(C(=O)OC(C)(C)C)CC2)=N1. The van der Waals surface area contributed by atoms with Crippen LogP contribution in [-0.2, 0) is 4.74 Å². The number of aliphatic imine (C=N–C) groups is 1. The van der Waals surface area contributed by atoms with E-state index in [-0.39, 0.29) is 12.0 Å². The summed E-state index contributed by atoms with van der Waals surface area (Å²) in [6, 6.07) is 9.31. The van der Waals surface area contributed by atoms with Crippen LogP contribution in [0, 0.1) is 5.92 Å². The molecule has 1 saturated heterocycles. The summed E-state index contributed by atoms with van der Waals surface area (Å²) in [5.74, 6) is 1.59. The van der Waals surface area contributed by atoms with E-state index in [0.29, 0.717) is 23.9 Å². The minimum Gasteiger partial charge on any atom is -0.496 e. The average molecular weight is 468 g/mol. The number of benzene rings is 1. The standard InChI is InChI=1S/C25H28ClN4O3/c1-25(2,3)33-24(31)30-13-9-17(10-14-30)23-28-21(16-7-11-27-12-8-16)22(29-23)19-15-18(26)5-6-20(19)32-4/h5-8,11-12,15,17H,9-10,13-14H2,1-4H3. The van der Waals surface area contributed by atoms with Crippen molar-refractivity contribution in [3.63, 3.8) is 0 Å². The molecule has 0 atom stereocenters. The van der Waals surface area contributed by atoms with Gasteiger partial charge in [0.2, 0.25) is 0 Å². The van der Waals surface area contributed by atoms with Crippen LogP contribution in [0.25, 0.3) is 11.4 Å². The molecule has 1 amide bonds. The Morgan fingerprint density at radius 1 is 1.09 bits per heavy atom. The lowest BCUT2D eigenvalue weighted by molar-refractivity contribution is 0.0201. The molecule has 173 valence electrons. The highest BCUT2D eigenvalue weighted by Crippen LogP contribution is 2.38. The second-order valence-electron chi connectivity index (χ2n) is 9.10. The van der Waals surface area contributed by atoms with Gasteiger partial charge in [-0.25, -0.2) is 15.1 Å². The van der Waals surface area contributed by atoms with E-state index in [1.807, 2.05) is 45.0 Å². The summed E-state index contributed by atoms with van der Waals surface area (Å²) >= 11 is 6.31. The Bertz CT molecular complexity index is 1080. The van der Waals surface area contributed by atoms with Crippen LogP contribution in [-0.4, -0.2) is 47.6 Å². The molecule has 33 heavy (non-hydrogen) atoms. The molecule has 1 aromatic carbocycles. The van der Waals surface area contributed by atoms with E-state index in [4.69, 9.17) is 31.4 Å². The van der Waals surface area contributed by atoms with E-state index in [2.05, 4.69) is 4.98 Å². The second-order valence-corrected chi connectivity index (χ2v) is 9.54. The smallest absolute Gasteiger partial charge is 0.410 e. The Labute approximate surface area is 199 Å². The van der Waals surface area contributed by atoms with Crippen molar-refractivity contribution in [3.8, 4) is 5.75 Å². The molecule has 0 N–H and O–H groups in total. The van der Waals surface area contributed by atoms with E-state index in [1.54, 1.807) is 30.5 Å². The number of rotatable bonds is 4. The largest absolute Gasteiger partial charge is 0.496 e. The van der Waals surface area contributed by atoms with Gasteiger partial charge in [0, 0.05) is 47.6 Å². The summed E-state index contributed by atoms with van der Waals surface area (Å²) in [5, 5.41) is 5.54. The molecular weight excluding hydrogens is 440 g/mol. The number of hydrogen-bond acceptors (Lipinski definition) is 5. The number of amidine groups is 1. The van der Waals surface area contributed by atoms with Crippen molar-refractivity contribution < 1.29 is 14.3 Å². The first-order valence-electron chi connectivity index (χ1n) is 11.0. The fourth-order valence-corrected chi connectivity index (χ4v) is 4.13. The highest BCUT2D eigenvalue weighted by Gasteiger charge is 2.33. The van der Waals surface area contributed by atoms with E-state index in [0.717, 1.165) is 41.2 Å². The van der Waals surface area contributed by atoms with Gasteiger partial charge in [0.1, 0.15) is 22.9 Å². The average Bonchev–Trinajstić information content (AvgIpc) is 3.24. The maximum Gasteiger partial charge on any atom is 0.410 e. The van der Waals surface area contributed by atoms with Crippen LogP contribution in [0.2, 0.25) is 5.02 Å². The number of aromatic nitrogens is 1. The van der Waals surface area contributed by atoms with Crippen molar-refractivity contribution in [1.82, 2.24) is 15.2 Å². The molecule has 3 heterocycles. The third-order valence-electron chi connectivity index (χ3n) is 5.56. The van der Waals surface area contributed by atoms with Gasteiger partial charge in [-0.2, -0.15) is 0 Å². The summed E-state index contributed by atoms with van der Waals surface area (Å²) in [6.07, 6.45) is 4.74. The lowest BCUT2D eigenvalue weighted by Crippen LogP contribution is -2.43. The molecule has 0 spiro atoms. The topological polar surface area (TPSA) is 78.1 Å². The zero-order valence-corrected chi connectivity index (χ0v) is 20.1. The van der Waals surface area contributed by atoms with Crippen molar-refractivity contribution in [2.24, 2.45) is 10.9 Å². The monoisotopic (exact) mass is 467 g/mol. The molecule has 7 nitrogen and oxygen atoms in total. The van der Waals surface area contributed by atoms with E-state index < -0.39 is 5.60 Å². The molecule has 0 saturated carbocycles. The van der Waals surface area contributed by atoms with Crippen molar-refractivity contribution in [2.75, 3.05) is 20.2 Å². The molecule has 1 radical (unpaired) electrons. The van der Waals surface area contributed by atoms with Crippen LogP contribution in [0.1, 0.15) is 44.7 Å². The van der Waals surface area contributed by atoms with Gasteiger partial charge in [0.05, 0.1) is 12.8 Å². The Hall–Kier alpha value is -3.06. The number of methoxy groups -OCH3 is 1.